The maximum Gasteiger partial charge on any atom is 0.0907 e. The van der Waals surface area contributed by atoms with Gasteiger partial charge >= 0.3 is 0 Å². The van der Waals surface area contributed by atoms with Crippen LogP contribution in [0.3, 0.4) is 0 Å². The van der Waals surface area contributed by atoms with Crippen LogP contribution in [0.4, 0.5) is 0 Å². The average molecular weight is 435 g/mol. The van der Waals surface area contributed by atoms with Crippen molar-refractivity contribution in [2.45, 2.75) is 137 Å². The van der Waals surface area contributed by atoms with Crippen molar-refractivity contribution in [3.05, 3.63) is 0 Å². The first-order valence-electron chi connectivity index (χ1n) is 11.8. The van der Waals surface area contributed by atoms with Crippen molar-refractivity contribution >= 4 is 0 Å². The highest BCUT2D eigenvalue weighted by Gasteiger charge is 2.36. The second-order valence-corrected chi connectivity index (χ2v) is 9.27. The van der Waals surface area contributed by atoms with Gasteiger partial charge in [0.1, 0.15) is 0 Å². The summed E-state index contributed by atoms with van der Waals surface area (Å²) in [6, 6.07) is 0. The zero-order valence-electron chi connectivity index (χ0n) is 19.3. The lowest BCUT2D eigenvalue weighted by Gasteiger charge is -2.48. The van der Waals surface area contributed by atoms with E-state index < -0.39 is 0 Å². The van der Waals surface area contributed by atoms with Crippen molar-refractivity contribution < 1.29 is 21.5 Å². The first-order chi connectivity index (χ1) is 11.9. The van der Waals surface area contributed by atoms with Gasteiger partial charge in [0.2, 0.25) is 0 Å². The third kappa shape index (κ3) is 12.8. The van der Waals surface area contributed by atoms with E-state index in [9.17, 15) is 0 Å². The van der Waals surface area contributed by atoms with Crippen LogP contribution in [0.5, 0.6) is 0 Å². The molecule has 0 N–H and O–H groups in total. The lowest BCUT2D eigenvalue weighted by molar-refractivity contribution is -0.967. The number of hydrogen-bond acceptors (Lipinski definition) is 0. The smallest absolute Gasteiger partial charge is 0.0907 e. The molecule has 0 amide bonds. The van der Waals surface area contributed by atoms with Gasteiger partial charge in [-0.1, -0.05) is 84.0 Å². The molecule has 0 saturated heterocycles. The molecular weight excluding hydrogens is 382 g/mol. The van der Waals surface area contributed by atoms with E-state index in [1.165, 1.54) is 114 Å². The molecule has 0 heterocycles. The van der Waals surface area contributed by atoms with Gasteiger partial charge in [0.15, 0.2) is 0 Å². The fraction of sp³-hybridized carbons (Fsp3) is 1.00. The summed E-state index contributed by atoms with van der Waals surface area (Å²) in [5, 5.41) is 0. The molecule has 0 bridgehead atoms. The highest BCUT2D eigenvalue weighted by Crippen LogP contribution is 2.25. The van der Waals surface area contributed by atoms with Gasteiger partial charge in [-0.3, -0.25) is 0 Å². The summed E-state index contributed by atoms with van der Waals surface area (Å²) in [5.41, 5.74) is 0.389. The molecule has 0 aromatic carbocycles. The molecule has 1 nitrogen and oxygen atoms in total. The predicted molar refractivity (Wildman–Crippen MR) is 116 cm³/mol. The van der Waals surface area contributed by atoms with Gasteiger partial charge in [-0.15, -0.1) is 0 Å². The van der Waals surface area contributed by atoms with Gasteiger partial charge < -0.3 is 21.5 Å². The topological polar surface area (TPSA) is 0 Å². The number of halogens is 1. The van der Waals surface area contributed by atoms with Crippen LogP contribution in [-0.4, -0.2) is 29.7 Å². The van der Waals surface area contributed by atoms with Gasteiger partial charge in [-0.05, 0) is 47.5 Å². The molecule has 0 spiro atoms. The third-order valence-electron chi connectivity index (χ3n) is 6.57. The Morgan fingerprint density at radius 3 is 1.08 bits per heavy atom. The quantitative estimate of drug-likeness (QED) is 0.220. The zero-order valence-corrected chi connectivity index (χ0v) is 20.9. The van der Waals surface area contributed by atoms with E-state index in [-0.39, 0.29) is 17.0 Å². The Morgan fingerprint density at radius 1 is 0.500 bits per heavy atom. The number of hydrogen-bond donors (Lipinski definition) is 0. The Hall–Kier alpha value is 0.440. The van der Waals surface area contributed by atoms with E-state index in [1.54, 1.807) is 0 Å². The zero-order chi connectivity index (χ0) is 19.0. The van der Waals surface area contributed by atoms with Crippen molar-refractivity contribution in [1.29, 1.82) is 0 Å². The second kappa shape index (κ2) is 17.5. The first kappa shape index (κ1) is 28.6. The van der Waals surface area contributed by atoms with Gasteiger partial charge in [0, 0.05) is 0 Å². The molecule has 0 aliphatic carbocycles. The Balaban J connectivity index is 0. The summed E-state index contributed by atoms with van der Waals surface area (Å²) in [4.78, 5) is 0. The SMILES string of the molecule is CCCCCCCCCCCCCCCC[N+](CC)(CC)C(C)(C)C.[Br-]. The standard InChI is InChI=1S/C24H52N.BrH/c1-7-10-11-12-13-14-15-16-17-18-19-20-21-22-23-25(8-2,9-3)24(4,5)6;/h7-23H2,1-6H3;1H/q+1;/p-1. The normalized spacial score (nSPS) is 12.2. The molecular formula is C24H52BrN. The largest absolute Gasteiger partial charge is 1.00 e. The summed E-state index contributed by atoms with van der Waals surface area (Å²) < 4.78 is 1.28. The third-order valence-corrected chi connectivity index (χ3v) is 6.57. The number of quaternary nitrogens is 1. The molecule has 160 valence electrons. The first-order valence-corrected chi connectivity index (χ1v) is 11.8. The average Bonchev–Trinajstić information content (AvgIpc) is 2.57. The molecule has 0 radical (unpaired) electrons. The minimum absolute atomic E-state index is 0. The number of nitrogens with zero attached hydrogens (tertiary/aromatic N) is 1. The monoisotopic (exact) mass is 433 g/mol. The van der Waals surface area contributed by atoms with Crippen molar-refractivity contribution in [2.24, 2.45) is 0 Å². The van der Waals surface area contributed by atoms with Crippen LogP contribution in [0.1, 0.15) is 131 Å². The van der Waals surface area contributed by atoms with E-state index in [0.29, 0.717) is 5.54 Å². The van der Waals surface area contributed by atoms with Gasteiger partial charge in [-0.2, -0.15) is 0 Å². The molecule has 0 unspecified atom stereocenters. The Morgan fingerprint density at radius 2 is 0.808 bits per heavy atom. The highest BCUT2D eigenvalue weighted by atomic mass is 79.9. The molecule has 2 heteroatoms. The maximum absolute atomic E-state index is 2.42. The van der Waals surface area contributed by atoms with E-state index in [2.05, 4.69) is 41.5 Å². The van der Waals surface area contributed by atoms with Crippen LogP contribution in [0.25, 0.3) is 0 Å². The van der Waals surface area contributed by atoms with E-state index >= 15 is 0 Å². The number of rotatable bonds is 17. The van der Waals surface area contributed by atoms with Crippen LogP contribution < -0.4 is 17.0 Å². The second-order valence-electron chi connectivity index (χ2n) is 9.27. The number of unbranched alkanes of at least 4 members (excludes halogenated alkanes) is 13. The van der Waals surface area contributed by atoms with Gasteiger partial charge in [0.25, 0.3) is 0 Å². The minimum atomic E-state index is 0. The van der Waals surface area contributed by atoms with Crippen LogP contribution in [0.15, 0.2) is 0 Å². The Bertz CT molecular complexity index is 278. The molecule has 26 heavy (non-hydrogen) atoms. The molecule has 0 aromatic rings. The summed E-state index contributed by atoms with van der Waals surface area (Å²) in [6.07, 6.45) is 20.3. The van der Waals surface area contributed by atoms with Gasteiger partial charge in [-0.25, -0.2) is 0 Å². The molecule has 0 atom stereocenters. The lowest BCUT2D eigenvalue weighted by Crippen LogP contribution is -3.00. The summed E-state index contributed by atoms with van der Waals surface area (Å²) in [7, 11) is 0. The van der Waals surface area contributed by atoms with Crippen LogP contribution in [0, 0.1) is 0 Å². The van der Waals surface area contributed by atoms with Crippen molar-refractivity contribution in [1.82, 2.24) is 0 Å². The fourth-order valence-electron chi connectivity index (χ4n) is 4.43. The minimum Gasteiger partial charge on any atom is -1.00 e. The van der Waals surface area contributed by atoms with E-state index in [4.69, 9.17) is 0 Å². The van der Waals surface area contributed by atoms with E-state index in [0.717, 1.165) is 0 Å². The molecule has 0 saturated carbocycles. The van der Waals surface area contributed by atoms with Crippen LogP contribution in [-0.2, 0) is 0 Å². The summed E-state index contributed by atoms with van der Waals surface area (Å²) >= 11 is 0. The van der Waals surface area contributed by atoms with Crippen LogP contribution in [0.2, 0.25) is 0 Å². The fourth-order valence-corrected chi connectivity index (χ4v) is 4.43. The molecule has 0 aliphatic rings. The molecule has 0 rings (SSSR count). The Kier molecular flexibility index (Phi) is 19.3. The molecule has 0 aliphatic heterocycles. The Labute approximate surface area is 178 Å². The molecule has 0 aromatic heterocycles. The van der Waals surface area contributed by atoms with Crippen molar-refractivity contribution in [2.75, 3.05) is 19.6 Å². The summed E-state index contributed by atoms with van der Waals surface area (Å²) in [5.74, 6) is 0. The summed E-state index contributed by atoms with van der Waals surface area (Å²) in [6.45, 7) is 18.2. The predicted octanol–water partition coefficient (Wildman–Crippen LogP) is 5.13. The van der Waals surface area contributed by atoms with Crippen molar-refractivity contribution in [3.63, 3.8) is 0 Å². The lowest BCUT2D eigenvalue weighted by atomic mass is 9.99. The maximum atomic E-state index is 2.42. The van der Waals surface area contributed by atoms with Gasteiger partial charge in [0.05, 0.1) is 25.2 Å². The van der Waals surface area contributed by atoms with Crippen LogP contribution >= 0.6 is 0 Å². The highest BCUT2D eigenvalue weighted by molar-refractivity contribution is 4.63. The molecule has 0 fully saturated rings. The van der Waals surface area contributed by atoms with Crippen molar-refractivity contribution in [3.8, 4) is 0 Å². The van der Waals surface area contributed by atoms with E-state index in [1.807, 2.05) is 0 Å².